The molecule has 1 saturated heterocycles. The fraction of sp³-hybridized carbons (Fsp3) is 0.714. The van der Waals surface area contributed by atoms with E-state index >= 15 is 0 Å². The predicted molar refractivity (Wildman–Crippen MR) is 39.8 cm³/mol. The molecule has 0 aliphatic carbocycles. The molecule has 1 amide bonds. The molecule has 0 aromatic carbocycles. The number of nitrogens with zero attached hydrogens (tertiary/aromatic N) is 1. The number of carbonyl (C=O) groups excluding carboxylic acids is 1. The van der Waals surface area contributed by atoms with E-state index in [1.54, 1.807) is 0 Å². The van der Waals surface area contributed by atoms with Crippen LogP contribution in [0.3, 0.4) is 0 Å². The molecular weight excluding hydrogens is 162 g/mol. The van der Waals surface area contributed by atoms with Crippen molar-refractivity contribution >= 4 is 12.1 Å². The van der Waals surface area contributed by atoms with Crippen molar-refractivity contribution in [1.29, 1.82) is 0 Å². The van der Waals surface area contributed by atoms with Crippen molar-refractivity contribution in [1.82, 2.24) is 4.90 Å². The average Bonchev–Trinajstić information content (AvgIpc) is 2.04. The molecule has 1 unspecified atom stereocenters. The zero-order valence-corrected chi connectivity index (χ0v) is 6.82. The normalized spacial score (nSPS) is 23.6. The first-order chi connectivity index (χ1) is 5.65. The predicted octanol–water partition coefficient (Wildman–Crippen LogP) is 0.302. The quantitative estimate of drug-likeness (QED) is 0.652. The van der Waals surface area contributed by atoms with Crippen molar-refractivity contribution in [3.63, 3.8) is 0 Å². The Morgan fingerprint density at radius 3 is 2.92 bits per heavy atom. The van der Waals surface area contributed by atoms with Gasteiger partial charge >= 0.3 is 12.1 Å². The molecule has 68 valence electrons. The first-order valence-electron chi connectivity index (χ1n) is 3.83. The van der Waals surface area contributed by atoms with E-state index < -0.39 is 18.2 Å². The van der Waals surface area contributed by atoms with E-state index in [1.165, 1.54) is 4.90 Å². The van der Waals surface area contributed by atoms with Gasteiger partial charge in [0.05, 0.1) is 0 Å². The number of carboxylic acids is 1. The molecule has 1 atom stereocenters. The van der Waals surface area contributed by atoms with E-state index in [1.807, 2.05) is 6.92 Å². The standard InChI is InChI=1S/C7H11NO4/c1-2-8-4-3-5(6(9)10)12-7(8)11/h5H,2-4H2,1H3,(H,9,10). The third kappa shape index (κ3) is 1.66. The van der Waals surface area contributed by atoms with Crippen LogP contribution in [0.2, 0.25) is 0 Å². The van der Waals surface area contributed by atoms with Crippen LogP contribution >= 0.6 is 0 Å². The maximum atomic E-state index is 11.0. The zero-order valence-electron chi connectivity index (χ0n) is 6.82. The van der Waals surface area contributed by atoms with Crippen LogP contribution in [0.1, 0.15) is 13.3 Å². The Morgan fingerprint density at radius 2 is 2.50 bits per heavy atom. The summed E-state index contributed by atoms with van der Waals surface area (Å²) in [6.45, 7) is 2.85. The van der Waals surface area contributed by atoms with Gasteiger partial charge in [0, 0.05) is 19.5 Å². The lowest BCUT2D eigenvalue weighted by molar-refractivity contribution is -0.149. The molecule has 0 aromatic rings. The molecule has 1 rings (SSSR count). The average molecular weight is 173 g/mol. The van der Waals surface area contributed by atoms with E-state index in [2.05, 4.69) is 4.74 Å². The van der Waals surface area contributed by atoms with Gasteiger partial charge in [0.25, 0.3) is 0 Å². The highest BCUT2D eigenvalue weighted by Gasteiger charge is 2.30. The lowest BCUT2D eigenvalue weighted by Crippen LogP contribution is -2.44. The topological polar surface area (TPSA) is 66.8 Å². The number of hydrogen-bond donors (Lipinski definition) is 1. The van der Waals surface area contributed by atoms with Gasteiger partial charge in [-0.2, -0.15) is 0 Å². The summed E-state index contributed by atoms with van der Waals surface area (Å²) in [4.78, 5) is 22.9. The number of ether oxygens (including phenoxy) is 1. The van der Waals surface area contributed by atoms with Crippen LogP contribution < -0.4 is 0 Å². The number of cyclic esters (lactones) is 1. The van der Waals surface area contributed by atoms with E-state index in [-0.39, 0.29) is 0 Å². The molecule has 1 heterocycles. The van der Waals surface area contributed by atoms with Crippen LogP contribution in [0, 0.1) is 0 Å². The summed E-state index contributed by atoms with van der Waals surface area (Å²) in [7, 11) is 0. The van der Waals surface area contributed by atoms with Crippen LogP contribution in [0.4, 0.5) is 4.79 Å². The van der Waals surface area contributed by atoms with Crippen LogP contribution in [-0.4, -0.2) is 41.3 Å². The maximum absolute atomic E-state index is 11.0. The van der Waals surface area contributed by atoms with E-state index in [4.69, 9.17) is 5.11 Å². The number of aliphatic carboxylic acids is 1. The summed E-state index contributed by atoms with van der Waals surface area (Å²) in [5, 5.41) is 8.52. The number of rotatable bonds is 2. The van der Waals surface area contributed by atoms with Gasteiger partial charge in [0.2, 0.25) is 6.10 Å². The van der Waals surface area contributed by atoms with E-state index in [0.29, 0.717) is 19.5 Å². The molecule has 0 bridgehead atoms. The third-order valence-corrected chi connectivity index (χ3v) is 1.82. The number of carbonyl (C=O) groups is 2. The Morgan fingerprint density at radius 1 is 1.83 bits per heavy atom. The molecule has 0 aromatic heterocycles. The van der Waals surface area contributed by atoms with Crippen molar-refractivity contribution in [2.45, 2.75) is 19.4 Å². The van der Waals surface area contributed by atoms with Crippen molar-refractivity contribution in [3.05, 3.63) is 0 Å². The molecule has 1 fully saturated rings. The monoisotopic (exact) mass is 173 g/mol. The molecule has 1 N–H and O–H groups in total. The lowest BCUT2D eigenvalue weighted by atomic mass is 10.2. The largest absolute Gasteiger partial charge is 0.479 e. The molecular formula is C7H11NO4. The Bertz CT molecular complexity index is 204. The second-order valence-corrected chi connectivity index (χ2v) is 2.58. The van der Waals surface area contributed by atoms with E-state index in [0.717, 1.165) is 0 Å². The first-order valence-corrected chi connectivity index (χ1v) is 3.83. The van der Waals surface area contributed by atoms with Crippen LogP contribution in [0.15, 0.2) is 0 Å². The van der Waals surface area contributed by atoms with Gasteiger partial charge in [-0.1, -0.05) is 0 Å². The summed E-state index contributed by atoms with van der Waals surface area (Å²) in [5.41, 5.74) is 0. The Labute approximate surface area is 69.9 Å². The Balaban J connectivity index is 2.52. The zero-order chi connectivity index (χ0) is 9.14. The van der Waals surface area contributed by atoms with Crippen LogP contribution in [-0.2, 0) is 9.53 Å². The van der Waals surface area contributed by atoms with Gasteiger partial charge in [0.15, 0.2) is 0 Å². The van der Waals surface area contributed by atoms with Crippen molar-refractivity contribution in [2.24, 2.45) is 0 Å². The van der Waals surface area contributed by atoms with Gasteiger partial charge in [-0.3, -0.25) is 0 Å². The summed E-state index contributed by atoms with van der Waals surface area (Å²) >= 11 is 0. The molecule has 0 radical (unpaired) electrons. The minimum absolute atomic E-state index is 0.370. The van der Waals surface area contributed by atoms with Crippen molar-refractivity contribution in [2.75, 3.05) is 13.1 Å². The molecule has 5 nitrogen and oxygen atoms in total. The van der Waals surface area contributed by atoms with E-state index in [9.17, 15) is 9.59 Å². The SMILES string of the molecule is CCN1CCC(C(=O)O)OC1=O. The molecule has 1 aliphatic rings. The minimum Gasteiger partial charge on any atom is -0.479 e. The third-order valence-electron chi connectivity index (χ3n) is 1.82. The highest BCUT2D eigenvalue weighted by molar-refractivity contribution is 5.78. The molecule has 12 heavy (non-hydrogen) atoms. The molecule has 0 spiro atoms. The van der Waals surface area contributed by atoms with Crippen LogP contribution in [0.5, 0.6) is 0 Å². The summed E-state index contributed by atoms with van der Waals surface area (Å²) in [5.74, 6) is -1.07. The highest BCUT2D eigenvalue weighted by Crippen LogP contribution is 2.11. The fourth-order valence-corrected chi connectivity index (χ4v) is 1.08. The Hall–Kier alpha value is -1.26. The maximum Gasteiger partial charge on any atom is 0.410 e. The Kier molecular flexibility index (Phi) is 2.52. The molecule has 1 aliphatic heterocycles. The van der Waals surface area contributed by atoms with Gasteiger partial charge in [-0.05, 0) is 6.92 Å². The van der Waals surface area contributed by atoms with Gasteiger partial charge in [-0.25, -0.2) is 9.59 Å². The first kappa shape index (κ1) is 8.83. The molecule has 5 heteroatoms. The highest BCUT2D eigenvalue weighted by atomic mass is 16.6. The van der Waals surface area contributed by atoms with Crippen molar-refractivity contribution < 1.29 is 19.4 Å². The minimum atomic E-state index is -1.07. The number of amides is 1. The summed E-state index contributed by atoms with van der Waals surface area (Å²) in [6, 6.07) is 0. The second-order valence-electron chi connectivity index (χ2n) is 2.58. The summed E-state index contributed by atoms with van der Waals surface area (Å²) in [6.07, 6.45) is -1.12. The van der Waals surface area contributed by atoms with Gasteiger partial charge in [0.1, 0.15) is 0 Å². The summed E-state index contributed by atoms with van der Waals surface area (Å²) < 4.78 is 4.64. The fourth-order valence-electron chi connectivity index (χ4n) is 1.08. The van der Waals surface area contributed by atoms with Crippen LogP contribution in [0.25, 0.3) is 0 Å². The van der Waals surface area contributed by atoms with Crippen molar-refractivity contribution in [3.8, 4) is 0 Å². The number of hydrogen-bond acceptors (Lipinski definition) is 3. The van der Waals surface area contributed by atoms with Gasteiger partial charge in [-0.15, -0.1) is 0 Å². The smallest absolute Gasteiger partial charge is 0.410 e. The second kappa shape index (κ2) is 3.42. The number of carboxylic acid groups (broad SMARTS) is 1. The lowest BCUT2D eigenvalue weighted by Gasteiger charge is -2.28. The molecule has 0 saturated carbocycles. The van der Waals surface area contributed by atoms with Gasteiger partial charge < -0.3 is 14.7 Å².